The molecule has 0 bridgehead atoms. The van der Waals surface area contributed by atoms with Crippen molar-refractivity contribution in [1.82, 2.24) is 16.0 Å². The van der Waals surface area contributed by atoms with Crippen molar-refractivity contribution in [2.75, 3.05) is 26.9 Å². The van der Waals surface area contributed by atoms with Gasteiger partial charge in [-0.1, -0.05) is 37.8 Å². The van der Waals surface area contributed by atoms with Crippen LogP contribution in [0.1, 0.15) is 64.4 Å². The Morgan fingerprint density at radius 1 is 0.975 bits per heavy atom. The topological polar surface area (TPSA) is 135 Å². The summed E-state index contributed by atoms with van der Waals surface area (Å²) in [5.41, 5.74) is -0.0548. The molecule has 3 N–H and O–H groups in total. The summed E-state index contributed by atoms with van der Waals surface area (Å²) in [5, 5.41) is 8.54. The Bertz CT molecular complexity index is 1040. The standard InChI is InChI=1S/C30H43N3O7/c1-19(31-28(36)22-9-6-14-39-17-22)27(35)33-25(16-21-10-12-23(38-3)13-11-21)29(37)32-24(15-20-7-4-5-8-20)26(34)30(2)18-40-30/h10-13,19-20,22,24-25H,4-9,14-18H2,1-3H3,(H,31,36)(H,32,37)(H,33,35). The van der Waals surface area contributed by atoms with Gasteiger partial charge in [-0.25, -0.2) is 0 Å². The van der Waals surface area contributed by atoms with E-state index in [-0.39, 0.29) is 24.0 Å². The number of ether oxygens (including phenoxy) is 3. The summed E-state index contributed by atoms with van der Waals surface area (Å²) < 4.78 is 16.0. The largest absolute Gasteiger partial charge is 0.497 e. The molecule has 10 nitrogen and oxygen atoms in total. The van der Waals surface area contributed by atoms with Crippen LogP contribution in [0.3, 0.4) is 0 Å². The molecule has 1 aromatic carbocycles. The van der Waals surface area contributed by atoms with Crippen molar-refractivity contribution in [1.29, 1.82) is 0 Å². The Labute approximate surface area is 236 Å². The molecule has 1 aromatic rings. The maximum Gasteiger partial charge on any atom is 0.243 e. The smallest absolute Gasteiger partial charge is 0.243 e. The van der Waals surface area contributed by atoms with Gasteiger partial charge in [0.2, 0.25) is 17.7 Å². The van der Waals surface area contributed by atoms with Crippen LogP contribution >= 0.6 is 0 Å². The van der Waals surface area contributed by atoms with Gasteiger partial charge in [0.25, 0.3) is 0 Å². The van der Waals surface area contributed by atoms with Crippen LogP contribution in [0.5, 0.6) is 5.75 Å². The van der Waals surface area contributed by atoms with Crippen LogP contribution in [0.15, 0.2) is 24.3 Å². The van der Waals surface area contributed by atoms with Crippen LogP contribution in [0.25, 0.3) is 0 Å². The van der Waals surface area contributed by atoms with Crippen molar-refractivity contribution in [3.8, 4) is 5.75 Å². The maximum atomic E-state index is 13.7. The summed E-state index contributed by atoms with van der Waals surface area (Å²) in [5.74, 6) is -0.535. The first-order chi connectivity index (χ1) is 19.2. The lowest BCUT2D eigenvalue weighted by atomic mass is 9.90. The second-order valence-electron chi connectivity index (χ2n) is 11.6. The summed E-state index contributed by atoms with van der Waals surface area (Å²) in [6.45, 7) is 4.66. The van der Waals surface area contributed by atoms with E-state index in [9.17, 15) is 19.2 Å². The molecule has 10 heteroatoms. The van der Waals surface area contributed by atoms with Gasteiger partial charge in [0.15, 0.2) is 5.78 Å². The highest BCUT2D eigenvalue weighted by atomic mass is 16.6. The van der Waals surface area contributed by atoms with Gasteiger partial charge in [0.1, 0.15) is 23.4 Å². The van der Waals surface area contributed by atoms with Gasteiger partial charge in [-0.2, -0.15) is 0 Å². The zero-order valence-electron chi connectivity index (χ0n) is 23.8. The van der Waals surface area contributed by atoms with Crippen molar-refractivity contribution in [3.63, 3.8) is 0 Å². The Kier molecular flexibility index (Phi) is 10.2. The Morgan fingerprint density at radius 2 is 1.65 bits per heavy atom. The molecule has 0 aromatic heterocycles. The summed E-state index contributed by atoms with van der Waals surface area (Å²) in [6, 6.07) is 4.75. The molecule has 3 aliphatic rings. The lowest BCUT2D eigenvalue weighted by Gasteiger charge is -2.27. The van der Waals surface area contributed by atoms with E-state index in [1.165, 1.54) is 0 Å². The molecule has 2 aliphatic heterocycles. The van der Waals surface area contributed by atoms with E-state index in [0.717, 1.165) is 37.7 Å². The molecule has 2 saturated heterocycles. The molecule has 1 saturated carbocycles. The van der Waals surface area contributed by atoms with Gasteiger partial charge < -0.3 is 30.2 Å². The number of rotatable bonds is 13. The fourth-order valence-corrected chi connectivity index (χ4v) is 5.55. The molecule has 3 amide bonds. The molecule has 1 aliphatic carbocycles. The summed E-state index contributed by atoms with van der Waals surface area (Å²) >= 11 is 0. The van der Waals surface area contributed by atoms with Gasteiger partial charge in [0, 0.05) is 13.0 Å². The van der Waals surface area contributed by atoms with Crippen molar-refractivity contribution < 1.29 is 33.4 Å². The monoisotopic (exact) mass is 557 g/mol. The number of nitrogens with one attached hydrogen (secondary N) is 3. The van der Waals surface area contributed by atoms with Crippen LogP contribution in [-0.2, 0) is 35.1 Å². The van der Waals surface area contributed by atoms with Crippen molar-refractivity contribution in [2.24, 2.45) is 11.8 Å². The third-order valence-corrected chi connectivity index (χ3v) is 8.29. The fraction of sp³-hybridized carbons (Fsp3) is 0.667. The molecule has 5 atom stereocenters. The second kappa shape index (κ2) is 13.6. The van der Waals surface area contributed by atoms with E-state index < -0.39 is 35.5 Å². The normalized spacial score (nSPS) is 24.8. The predicted octanol–water partition coefficient (Wildman–Crippen LogP) is 2.08. The van der Waals surface area contributed by atoms with Gasteiger partial charge >= 0.3 is 0 Å². The number of Topliss-reactive ketones (excluding diaryl/α,β-unsaturated/α-hetero) is 1. The molecule has 0 radical (unpaired) electrons. The molecule has 4 rings (SSSR count). The fourth-order valence-electron chi connectivity index (χ4n) is 5.55. The average molecular weight is 558 g/mol. The van der Waals surface area contributed by atoms with E-state index in [1.807, 2.05) is 12.1 Å². The van der Waals surface area contributed by atoms with E-state index in [1.54, 1.807) is 33.1 Å². The van der Waals surface area contributed by atoms with E-state index >= 15 is 0 Å². The Balaban J connectivity index is 1.46. The van der Waals surface area contributed by atoms with Crippen LogP contribution in [0.2, 0.25) is 0 Å². The first kappa shape index (κ1) is 30.0. The molecule has 40 heavy (non-hydrogen) atoms. The number of hydrogen-bond donors (Lipinski definition) is 3. The molecular weight excluding hydrogens is 514 g/mol. The van der Waals surface area contributed by atoms with Gasteiger partial charge in [0.05, 0.1) is 32.3 Å². The molecule has 2 heterocycles. The number of carbonyl (C=O) groups is 4. The number of carbonyl (C=O) groups excluding carboxylic acids is 4. The molecular formula is C30H43N3O7. The SMILES string of the molecule is COc1ccc(CC(NC(=O)C(C)NC(=O)C2CCCOC2)C(=O)NC(CC2CCCC2)C(=O)C2(C)CO2)cc1. The lowest BCUT2D eigenvalue weighted by molar-refractivity contribution is -0.135. The molecule has 0 spiro atoms. The van der Waals surface area contributed by atoms with Crippen molar-refractivity contribution >= 4 is 23.5 Å². The predicted molar refractivity (Wildman–Crippen MR) is 148 cm³/mol. The maximum absolute atomic E-state index is 13.7. The average Bonchev–Trinajstić information content (AvgIpc) is 3.50. The quantitative estimate of drug-likeness (QED) is 0.316. The van der Waals surface area contributed by atoms with Crippen molar-refractivity contribution in [3.05, 3.63) is 29.8 Å². The van der Waals surface area contributed by atoms with Gasteiger partial charge in [-0.3, -0.25) is 19.2 Å². The summed E-state index contributed by atoms with van der Waals surface area (Å²) in [7, 11) is 1.58. The third kappa shape index (κ3) is 8.04. The Hall–Kier alpha value is -2.98. The van der Waals surface area contributed by atoms with Gasteiger partial charge in [-0.05, 0) is 56.7 Å². The lowest BCUT2D eigenvalue weighted by Crippen LogP contribution is -2.57. The zero-order chi connectivity index (χ0) is 28.7. The number of benzene rings is 1. The number of methoxy groups -OCH3 is 1. The van der Waals surface area contributed by atoms with Crippen LogP contribution < -0.4 is 20.7 Å². The summed E-state index contributed by atoms with van der Waals surface area (Å²) in [4.78, 5) is 52.8. The van der Waals surface area contributed by atoms with Crippen molar-refractivity contribution in [2.45, 2.75) is 88.9 Å². The minimum atomic E-state index is -0.954. The van der Waals surface area contributed by atoms with Gasteiger partial charge in [-0.15, -0.1) is 0 Å². The second-order valence-corrected chi connectivity index (χ2v) is 11.6. The third-order valence-electron chi connectivity index (χ3n) is 8.29. The first-order valence-corrected chi connectivity index (χ1v) is 14.5. The van der Waals surface area contributed by atoms with Crippen LogP contribution in [-0.4, -0.2) is 74.2 Å². The zero-order valence-corrected chi connectivity index (χ0v) is 23.8. The highest BCUT2D eigenvalue weighted by Crippen LogP contribution is 2.33. The molecule has 3 fully saturated rings. The minimum Gasteiger partial charge on any atom is -0.497 e. The highest BCUT2D eigenvalue weighted by Gasteiger charge is 2.50. The van der Waals surface area contributed by atoms with E-state index in [0.29, 0.717) is 44.3 Å². The van der Waals surface area contributed by atoms with Crippen LogP contribution in [0.4, 0.5) is 0 Å². The number of ketones is 1. The van der Waals surface area contributed by atoms with E-state index in [2.05, 4.69) is 16.0 Å². The molecule has 5 unspecified atom stereocenters. The Morgan fingerprint density at radius 3 is 2.25 bits per heavy atom. The first-order valence-electron chi connectivity index (χ1n) is 14.5. The number of hydrogen-bond acceptors (Lipinski definition) is 7. The highest BCUT2D eigenvalue weighted by molar-refractivity contribution is 5.98. The van der Waals surface area contributed by atoms with E-state index in [4.69, 9.17) is 14.2 Å². The summed E-state index contributed by atoms with van der Waals surface area (Å²) in [6.07, 6.45) is 6.59. The number of amides is 3. The van der Waals surface area contributed by atoms with Crippen LogP contribution in [0, 0.1) is 11.8 Å². The number of epoxide rings is 1. The molecule has 220 valence electrons. The minimum absolute atomic E-state index is 0.127.